The van der Waals surface area contributed by atoms with Crippen LogP contribution in [0.4, 0.5) is 4.79 Å². The number of benzene rings is 3. The Morgan fingerprint density at radius 1 is 0.900 bits per heavy atom. The van der Waals surface area contributed by atoms with Gasteiger partial charge in [0.15, 0.2) is 0 Å². The number of imide groups is 1. The molecule has 3 aromatic carbocycles. The third kappa shape index (κ3) is 4.81. The zero-order valence-corrected chi connectivity index (χ0v) is 17.4. The maximum absolute atomic E-state index is 12.7. The van der Waals surface area contributed by atoms with Crippen molar-refractivity contribution >= 4 is 29.0 Å². The second-order valence-electron chi connectivity index (χ2n) is 7.10. The summed E-state index contributed by atoms with van der Waals surface area (Å²) >= 11 is 0.979. The number of thioether (sulfide) groups is 1. The SMILES string of the molecule is Cc1cccc(CN2C(=O)S/C(=C/c3ccc(OCc4ccccc4)cc3)C2=O)c1. The molecule has 2 amide bonds. The van der Waals surface area contributed by atoms with Crippen LogP contribution < -0.4 is 4.74 Å². The Hall–Kier alpha value is -3.31. The number of aryl methyl sites for hydroxylation is 1. The fourth-order valence-electron chi connectivity index (χ4n) is 3.18. The molecule has 4 nitrogen and oxygen atoms in total. The van der Waals surface area contributed by atoms with Crippen LogP contribution in [-0.2, 0) is 17.9 Å². The van der Waals surface area contributed by atoms with Crippen molar-refractivity contribution in [2.24, 2.45) is 0 Å². The van der Waals surface area contributed by atoms with Gasteiger partial charge in [-0.05, 0) is 53.6 Å². The van der Waals surface area contributed by atoms with E-state index in [1.807, 2.05) is 85.8 Å². The average Bonchev–Trinajstić information content (AvgIpc) is 3.01. The molecule has 1 heterocycles. The molecule has 0 aliphatic carbocycles. The van der Waals surface area contributed by atoms with Gasteiger partial charge >= 0.3 is 0 Å². The van der Waals surface area contributed by atoms with Crippen LogP contribution in [0.25, 0.3) is 6.08 Å². The van der Waals surface area contributed by atoms with E-state index in [1.165, 1.54) is 4.90 Å². The second kappa shape index (κ2) is 9.01. The molecule has 0 aromatic heterocycles. The van der Waals surface area contributed by atoms with Crippen LogP contribution in [0.2, 0.25) is 0 Å². The van der Waals surface area contributed by atoms with E-state index in [9.17, 15) is 9.59 Å². The molecule has 0 saturated carbocycles. The summed E-state index contributed by atoms with van der Waals surface area (Å²) in [5, 5.41) is -0.240. The highest BCUT2D eigenvalue weighted by Gasteiger charge is 2.34. The number of hydrogen-bond acceptors (Lipinski definition) is 4. The van der Waals surface area contributed by atoms with E-state index in [2.05, 4.69) is 0 Å². The molecule has 0 unspecified atom stereocenters. The lowest BCUT2D eigenvalue weighted by molar-refractivity contribution is -0.123. The van der Waals surface area contributed by atoms with E-state index >= 15 is 0 Å². The standard InChI is InChI=1S/C25H21NO3S/c1-18-6-5-9-21(14-18)16-26-24(27)23(30-25(26)28)15-19-10-12-22(13-11-19)29-17-20-7-3-2-4-8-20/h2-15H,16-17H2,1H3/b23-15+. The van der Waals surface area contributed by atoms with Crippen molar-refractivity contribution in [2.45, 2.75) is 20.1 Å². The van der Waals surface area contributed by atoms with Gasteiger partial charge in [-0.3, -0.25) is 14.5 Å². The maximum Gasteiger partial charge on any atom is 0.293 e. The Kier molecular flexibility index (Phi) is 6.00. The number of ether oxygens (including phenoxy) is 1. The molecule has 150 valence electrons. The summed E-state index contributed by atoms with van der Waals surface area (Å²) in [6.07, 6.45) is 1.75. The Balaban J connectivity index is 1.41. The van der Waals surface area contributed by atoms with Gasteiger partial charge in [0.25, 0.3) is 11.1 Å². The Morgan fingerprint density at radius 2 is 1.63 bits per heavy atom. The van der Waals surface area contributed by atoms with Crippen molar-refractivity contribution in [1.29, 1.82) is 0 Å². The van der Waals surface area contributed by atoms with Gasteiger partial charge in [0, 0.05) is 0 Å². The molecule has 0 N–H and O–H groups in total. The number of carbonyl (C=O) groups is 2. The third-order valence-electron chi connectivity index (χ3n) is 4.72. The van der Waals surface area contributed by atoms with E-state index in [-0.39, 0.29) is 17.7 Å². The fraction of sp³-hybridized carbons (Fsp3) is 0.120. The quantitative estimate of drug-likeness (QED) is 0.477. The number of hydrogen-bond donors (Lipinski definition) is 0. The summed E-state index contributed by atoms with van der Waals surface area (Å²) in [6.45, 7) is 2.78. The normalized spacial score (nSPS) is 15.1. The summed E-state index contributed by atoms with van der Waals surface area (Å²) in [5.41, 5.74) is 4.00. The van der Waals surface area contributed by atoms with Crippen molar-refractivity contribution in [3.05, 3.63) is 106 Å². The smallest absolute Gasteiger partial charge is 0.293 e. The number of carbonyl (C=O) groups excluding carboxylic acids is 2. The molecular formula is C25H21NO3S. The second-order valence-corrected chi connectivity index (χ2v) is 8.09. The van der Waals surface area contributed by atoms with Crippen LogP contribution in [0, 0.1) is 6.92 Å². The summed E-state index contributed by atoms with van der Waals surface area (Å²) < 4.78 is 5.79. The van der Waals surface area contributed by atoms with E-state index in [1.54, 1.807) is 6.08 Å². The summed E-state index contributed by atoms with van der Waals surface area (Å²) in [7, 11) is 0. The van der Waals surface area contributed by atoms with Crippen LogP contribution in [-0.4, -0.2) is 16.0 Å². The molecule has 1 aliphatic heterocycles. The van der Waals surface area contributed by atoms with Gasteiger partial charge in [0.05, 0.1) is 11.4 Å². The lowest BCUT2D eigenvalue weighted by Crippen LogP contribution is -2.27. The van der Waals surface area contributed by atoms with Gasteiger partial charge < -0.3 is 4.74 Å². The average molecular weight is 416 g/mol. The highest BCUT2D eigenvalue weighted by atomic mass is 32.2. The first-order chi connectivity index (χ1) is 14.6. The lowest BCUT2D eigenvalue weighted by atomic mass is 10.1. The van der Waals surface area contributed by atoms with Crippen LogP contribution in [0.1, 0.15) is 22.3 Å². The van der Waals surface area contributed by atoms with Crippen molar-refractivity contribution in [3.8, 4) is 5.75 Å². The molecule has 4 rings (SSSR count). The van der Waals surface area contributed by atoms with Crippen molar-refractivity contribution in [3.63, 3.8) is 0 Å². The number of amides is 2. The first-order valence-corrected chi connectivity index (χ1v) is 10.5. The van der Waals surface area contributed by atoms with E-state index < -0.39 is 0 Å². The molecule has 1 fully saturated rings. The van der Waals surface area contributed by atoms with Crippen LogP contribution in [0.15, 0.2) is 83.8 Å². The molecule has 0 spiro atoms. The summed E-state index contributed by atoms with van der Waals surface area (Å²) in [6, 6.07) is 25.3. The number of rotatable bonds is 6. The molecular weight excluding hydrogens is 394 g/mol. The van der Waals surface area contributed by atoms with Crippen molar-refractivity contribution in [2.75, 3.05) is 0 Å². The fourth-order valence-corrected chi connectivity index (χ4v) is 4.02. The zero-order chi connectivity index (χ0) is 20.9. The molecule has 1 saturated heterocycles. The number of nitrogens with zero attached hydrogens (tertiary/aromatic N) is 1. The van der Waals surface area contributed by atoms with Crippen LogP contribution in [0.5, 0.6) is 5.75 Å². The van der Waals surface area contributed by atoms with Crippen molar-refractivity contribution in [1.82, 2.24) is 4.90 Å². The predicted octanol–water partition coefficient (Wildman–Crippen LogP) is 5.81. The minimum atomic E-state index is -0.254. The molecule has 0 radical (unpaired) electrons. The largest absolute Gasteiger partial charge is 0.489 e. The Labute approximate surface area is 180 Å². The van der Waals surface area contributed by atoms with E-state index in [4.69, 9.17) is 4.74 Å². The van der Waals surface area contributed by atoms with E-state index in [0.717, 1.165) is 39.8 Å². The zero-order valence-electron chi connectivity index (χ0n) is 16.6. The molecule has 5 heteroatoms. The van der Waals surface area contributed by atoms with Gasteiger partial charge in [-0.15, -0.1) is 0 Å². The molecule has 0 bridgehead atoms. The van der Waals surface area contributed by atoms with Gasteiger partial charge in [0.2, 0.25) is 0 Å². The molecule has 3 aromatic rings. The minimum absolute atomic E-state index is 0.240. The summed E-state index contributed by atoms with van der Waals surface area (Å²) in [5.74, 6) is 0.500. The van der Waals surface area contributed by atoms with Gasteiger partial charge in [-0.2, -0.15) is 0 Å². The first kappa shape index (κ1) is 20.0. The lowest BCUT2D eigenvalue weighted by Gasteiger charge is -2.12. The first-order valence-electron chi connectivity index (χ1n) is 9.66. The van der Waals surface area contributed by atoms with Crippen molar-refractivity contribution < 1.29 is 14.3 Å². The molecule has 30 heavy (non-hydrogen) atoms. The maximum atomic E-state index is 12.7. The minimum Gasteiger partial charge on any atom is -0.489 e. The molecule has 0 atom stereocenters. The topological polar surface area (TPSA) is 46.6 Å². The van der Waals surface area contributed by atoms with E-state index in [0.29, 0.717) is 11.5 Å². The van der Waals surface area contributed by atoms with Gasteiger partial charge in [-0.25, -0.2) is 0 Å². The third-order valence-corrected chi connectivity index (χ3v) is 5.63. The predicted molar refractivity (Wildman–Crippen MR) is 120 cm³/mol. The molecule has 1 aliphatic rings. The van der Waals surface area contributed by atoms with Gasteiger partial charge in [-0.1, -0.05) is 72.3 Å². The van der Waals surface area contributed by atoms with Crippen LogP contribution in [0.3, 0.4) is 0 Å². The van der Waals surface area contributed by atoms with Crippen LogP contribution >= 0.6 is 11.8 Å². The van der Waals surface area contributed by atoms with Gasteiger partial charge in [0.1, 0.15) is 12.4 Å². The Bertz CT molecular complexity index is 1090. The monoisotopic (exact) mass is 415 g/mol. The highest BCUT2D eigenvalue weighted by Crippen LogP contribution is 2.33. The Morgan fingerprint density at radius 3 is 2.37 bits per heavy atom. The highest BCUT2D eigenvalue weighted by molar-refractivity contribution is 8.18. The summed E-state index contributed by atoms with van der Waals surface area (Å²) in [4.78, 5) is 26.8.